The number of fused-ring (bicyclic) bond motifs is 2. The van der Waals surface area contributed by atoms with Gasteiger partial charge in [0.25, 0.3) is 5.91 Å². The molecule has 4 amide bonds. The van der Waals surface area contributed by atoms with Crippen molar-refractivity contribution in [3.63, 3.8) is 0 Å². The van der Waals surface area contributed by atoms with Crippen LogP contribution in [0.1, 0.15) is 119 Å². The lowest BCUT2D eigenvalue weighted by Gasteiger charge is -2.52. The predicted molar refractivity (Wildman–Crippen MR) is 336 cm³/mol. The molecule has 3 aliphatic heterocycles. The van der Waals surface area contributed by atoms with E-state index in [9.17, 15) is 29.1 Å². The maximum Gasteiger partial charge on any atom is 0.357 e. The number of likely N-dealkylation sites (tertiary alicyclic amines) is 2. The Kier molecular flexibility index (Phi) is 18.3. The summed E-state index contributed by atoms with van der Waals surface area (Å²) < 4.78 is 12.3. The van der Waals surface area contributed by atoms with Crippen molar-refractivity contribution in [2.45, 2.75) is 117 Å². The van der Waals surface area contributed by atoms with E-state index in [0.717, 1.165) is 104 Å². The number of hydrogen-bond acceptors (Lipinski definition) is 16. The SMILES string of the molecule is COC(=O)c1nc(N2CCc3cccc(C(=O)Nc4nc5ccccc5s4)c3C2)sc1CCCOc1ccc(C#CCN2CCC3(CC2)CC(CC(=O)N[C@H](C(=O)N2C[C@H](O)C[C@H]2C(=O)NCc2ccc(-c4scnc4C)cc2)C(C)(C)C)C3)cc1. The molecule has 1 saturated carbocycles. The number of para-hydroxylation sites is 1. The summed E-state index contributed by atoms with van der Waals surface area (Å²) in [7, 11) is 1.37. The molecule has 7 aromatic rings. The van der Waals surface area contributed by atoms with E-state index in [1.807, 2.05) is 118 Å². The average molecular weight is 1220 g/mol. The summed E-state index contributed by atoms with van der Waals surface area (Å²) in [5.41, 5.74) is 9.06. The van der Waals surface area contributed by atoms with Crippen molar-refractivity contribution in [2.24, 2.45) is 16.7 Å². The minimum Gasteiger partial charge on any atom is -0.494 e. The van der Waals surface area contributed by atoms with Crippen LogP contribution >= 0.6 is 34.0 Å². The lowest BCUT2D eigenvalue weighted by molar-refractivity contribution is -0.144. The zero-order valence-corrected chi connectivity index (χ0v) is 51.7. The number of rotatable bonds is 18. The number of thiazole rings is 3. The molecule has 86 heavy (non-hydrogen) atoms. The number of aromatic nitrogens is 3. The smallest absolute Gasteiger partial charge is 0.357 e. The zero-order chi connectivity index (χ0) is 60.1. The predicted octanol–water partition coefficient (Wildman–Crippen LogP) is 9.84. The van der Waals surface area contributed by atoms with Gasteiger partial charge in [-0.1, -0.05) is 92.5 Å². The first-order valence-electron chi connectivity index (χ1n) is 29.6. The molecule has 11 rings (SSSR count). The number of β-amino-alcohol motifs (C(OH)–C–C–N with tert-alkyl or cyclic N) is 1. The molecule has 2 saturated heterocycles. The summed E-state index contributed by atoms with van der Waals surface area (Å²) >= 11 is 4.50. The number of carbonyl (C=O) groups is 5. The van der Waals surface area contributed by atoms with Crippen LogP contribution in [-0.2, 0) is 45.1 Å². The van der Waals surface area contributed by atoms with Crippen LogP contribution in [0.15, 0.2) is 96.5 Å². The molecule has 6 heterocycles. The number of nitrogens with zero attached hydrogens (tertiary/aromatic N) is 6. The van der Waals surface area contributed by atoms with Gasteiger partial charge in [-0.25, -0.2) is 19.7 Å². The largest absolute Gasteiger partial charge is 0.494 e. The van der Waals surface area contributed by atoms with E-state index in [2.05, 4.69) is 53.6 Å². The molecule has 1 aliphatic carbocycles. The van der Waals surface area contributed by atoms with Crippen LogP contribution in [0, 0.1) is 35.5 Å². The van der Waals surface area contributed by atoms with E-state index in [4.69, 9.17) is 14.5 Å². The molecule has 3 aromatic heterocycles. The summed E-state index contributed by atoms with van der Waals surface area (Å²) in [5.74, 6) is 6.12. The van der Waals surface area contributed by atoms with E-state index in [1.165, 1.54) is 34.7 Å². The summed E-state index contributed by atoms with van der Waals surface area (Å²) in [4.78, 5) is 89.8. The minimum atomic E-state index is -0.862. The minimum absolute atomic E-state index is 0.0284. The molecule has 4 aromatic carbocycles. The number of piperidine rings is 1. The third-order valence-corrected chi connectivity index (χ3v) is 20.2. The van der Waals surface area contributed by atoms with Gasteiger partial charge in [0.2, 0.25) is 17.7 Å². The fourth-order valence-corrected chi connectivity index (χ4v) is 15.2. The van der Waals surface area contributed by atoms with Crippen LogP contribution in [0.2, 0.25) is 0 Å². The average Bonchev–Trinajstić information content (AvgIpc) is 2.34. The van der Waals surface area contributed by atoms with Crippen LogP contribution in [-0.4, -0.2) is 124 Å². The highest BCUT2D eigenvalue weighted by molar-refractivity contribution is 7.22. The molecular formula is C66H73N9O8S3. The van der Waals surface area contributed by atoms with Gasteiger partial charge in [-0.3, -0.25) is 29.4 Å². The fraction of sp³-hybridized carbons (Fsp3) is 0.424. The molecule has 3 fully saturated rings. The van der Waals surface area contributed by atoms with E-state index < -0.39 is 29.6 Å². The Bertz CT molecular complexity index is 3640. The van der Waals surface area contributed by atoms with Crippen molar-refractivity contribution in [2.75, 3.05) is 56.7 Å². The number of aliphatic hydroxyl groups is 1. The van der Waals surface area contributed by atoms with Gasteiger partial charge in [0, 0.05) is 55.0 Å². The van der Waals surface area contributed by atoms with Gasteiger partial charge in [0.1, 0.15) is 17.8 Å². The quantitative estimate of drug-likeness (QED) is 0.0359. The number of methoxy groups -OCH3 is 1. The highest BCUT2D eigenvalue weighted by atomic mass is 32.1. The zero-order valence-electron chi connectivity index (χ0n) is 49.3. The number of benzene rings is 4. The Morgan fingerprint density at radius 2 is 1.70 bits per heavy atom. The summed E-state index contributed by atoms with van der Waals surface area (Å²) in [6, 6.07) is 27.7. The van der Waals surface area contributed by atoms with Gasteiger partial charge in [-0.15, -0.1) is 22.7 Å². The number of hydrogen-bond donors (Lipinski definition) is 4. The second-order valence-electron chi connectivity index (χ2n) is 24.3. The number of aliphatic hydroxyl groups excluding tert-OH is 1. The first kappa shape index (κ1) is 60.2. The molecule has 0 radical (unpaired) electrons. The standard InChI is InChI=1S/C66H73N9O8S3/c1-41-57(84-40-68-41)46-21-17-43(18-22-46)37-67-60(79)52-34-47(76)38-75(52)61(80)58(65(2,3)4)70-55(77)33-44-35-66(36-44)26-30-73(31-27-66)28-9-11-42-19-23-48(24-20-42)83-32-10-16-54-56(62(81)82-5)71-64(86-54)74-29-25-45-12-8-13-49(50(45)39-74)59(78)72-63-69-51-14-6-7-15-53(51)85-63/h6-8,12-15,17-24,40,44,47,52,58,76H,10,16,25-39H2,1-5H3,(H,67,79)(H,70,77)(H,69,72,78)/t47-,52+,58-/m1/s1. The number of ether oxygens (including phenoxy) is 2. The van der Waals surface area contributed by atoms with Crippen LogP contribution in [0.25, 0.3) is 20.7 Å². The molecular weight excluding hydrogens is 1140 g/mol. The third-order valence-electron chi connectivity index (χ3n) is 17.1. The summed E-state index contributed by atoms with van der Waals surface area (Å²) in [6.07, 6.45) is 5.65. The van der Waals surface area contributed by atoms with E-state index in [1.54, 1.807) is 11.3 Å². The molecule has 0 bridgehead atoms. The molecule has 1 spiro atoms. The van der Waals surface area contributed by atoms with Crippen LogP contribution in [0.4, 0.5) is 10.3 Å². The van der Waals surface area contributed by atoms with Gasteiger partial charge in [0.05, 0.1) is 52.7 Å². The van der Waals surface area contributed by atoms with Crippen molar-refractivity contribution in [1.82, 2.24) is 35.4 Å². The van der Waals surface area contributed by atoms with Crippen LogP contribution in [0.5, 0.6) is 5.75 Å². The van der Waals surface area contributed by atoms with Gasteiger partial charge in [-0.2, -0.15) is 0 Å². The van der Waals surface area contributed by atoms with Crippen molar-refractivity contribution in [1.29, 1.82) is 0 Å². The Morgan fingerprint density at radius 1 is 0.919 bits per heavy atom. The molecule has 3 atom stereocenters. The second kappa shape index (κ2) is 26.2. The van der Waals surface area contributed by atoms with E-state index in [-0.39, 0.29) is 54.5 Å². The van der Waals surface area contributed by atoms with Crippen molar-refractivity contribution in [3.8, 4) is 28.0 Å². The highest BCUT2D eigenvalue weighted by Crippen LogP contribution is 2.53. The Balaban J connectivity index is 0.597. The maximum atomic E-state index is 14.2. The van der Waals surface area contributed by atoms with Crippen molar-refractivity contribution in [3.05, 3.63) is 141 Å². The van der Waals surface area contributed by atoms with E-state index in [0.29, 0.717) is 67.0 Å². The second-order valence-corrected chi connectivity index (χ2v) is 27.2. The Morgan fingerprint density at radius 3 is 2.43 bits per heavy atom. The first-order valence-corrected chi connectivity index (χ1v) is 32.1. The molecule has 0 unspecified atom stereocenters. The van der Waals surface area contributed by atoms with Gasteiger partial charge in [0.15, 0.2) is 16.0 Å². The summed E-state index contributed by atoms with van der Waals surface area (Å²) in [5, 5.41) is 21.0. The van der Waals surface area contributed by atoms with E-state index >= 15 is 0 Å². The highest BCUT2D eigenvalue weighted by Gasteiger charge is 2.48. The lowest BCUT2D eigenvalue weighted by atomic mass is 9.57. The number of carbonyl (C=O) groups excluding carboxylic acids is 5. The third kappa shape index (κ3) is 14.0. The van der Waals surface area contributed by atoms with Gasteiger partial charge < -0.3 is 35.0 Å². The monoisotopic (exact) mass is 1220 g/mol. The summed E-state index contributed by atoms with van der Waals surface area (Å²) in [6.45, 7) is 12.2. The van der Waals surface area contributed by atoms with Crippen molar-refractivity contribution < 1.29 is 38.6 Å². The number of aryl methyl sites for hydroxylation is 2. The molecule has 20 heteroatoms. The van der Waals surface area contributed by atoms with Gasteiger partial charge in [-0.05, 0) is 146 Å². The Labute approximate surface area is 513 Å². The maximum absolute atomic E-state index is 14.2. The number of esters is 1. The number of nitrogens with one attached hydrogen (secondary N) is 3. The number of anilines is 2. The first-order chi connectivity index (χ1) is 41.5. The van der Waals surface area contributed by atoms with Crippen molar-refractivity contribution >= 4 is 84.1 Å². The molecule has 448 valence electrons. The molecule has 4 aliphatic rings. The Hall–Kier alpha value is -7.54. The normalized spacial score (nSPS) is 17.9. The van der Waals surface area contributed by atoms with Gasteiger partial charge >= 0.3 is 5.97 Å². The lowest BCUT2D eigenvalue weighted by Crippen LogP contribution is -2.58. The fourth-order valence-electron chi connectivity index (χ4n) is 12.4. The topological polar surface area (TPSA) is 209 Å². The van der Waals surface area contributed by atoms with Crippen LogP contribution < -0.4 is 25.6 Å². The molecule has 17 nitrogen and oxygen atoms in total. The molecule has 4 N–H and O–H groups in total. The number of amides is 4. The van der Waals surface area contributed by atoms with Crippen LogP contribution in [0.3, 0.4) is 0 Å².